The molecule has 0 saturated heterocycles. The molecule has 22 heavy (non-hydrogen) atoms. The van der Waals surface area contributed by atoms with Gasteiger partial charge in [0.1, 0.15) is 6.04 Å². The summed E-state index contributed by atoms with van der Waals surface area (Å²) in [5, 5.41) is 15.9. The van der Waals surface area contributed by atoms with Crippen LogP contribution in [0.25, 0.3) is 0 Å². The Morgan fingerprint density at radius 1 is 1.27 bits per heavy atom. The first-order valence-electron chi connectivity index (χ1n) is 7.15. The third kappa shape index (κ3) is 5.85. The Bertz CT molecular complexity index is 514. The zero-order valence-corrected chi connectivity index (χ0v) is 13.8. The molecule has 1 rings (SSSR count). The number of nitrogens with one attached hydrogen (secondary N) is 2. The van der Waals surface area contributed by atoms with Gasteiger partial charge in [0.05, 0.1) is 4.88 Å². The van der Waals surface area contributed by atoms with E-state index < -0.39 is 12.0 Å². The van der Waals surface area contributed by atoms with Gasteiger partial charge in [0.25, 0.3) is 5.91 Å². The van der Waals surface area contributed by atoms with Crippen molar-refractivity contribution in [2.24, 2.45) is 11.8 Å². The Morgan fingerprint density at radius 2 is 1.95 bits per heavy atom. The molecule has 0 aliphatic carbocycles. The molecule has 0 spiro atoms. The lowest BCUT2D eigenvalue weighted by atomic mass is 10.0. The second-order valence-electron chi connectivity index (χ2n) is 5.62. The fourth-order valence-corrected chi connectivity index (χ4v) is 2.54. The lowest BCUT2D eigenvalue weighted by Crippen LogP contribution is -2.50. The van der Waals surface area contributed by atoms with Gasteiger partial charge in [-0.1, -0.05) is 26.8 Å². The van der Waals surface area contributed by atoms with Crippen LogP contribution < -0.4 is 10.6 Å². The van der Waals surface area contributed by atoms with Crippen molar-refractivity contribution in [3.63, 3.8) is 0 Å². The summed E-state index contributed by atoms with van der Waals surface area (Å²) >= 11 is 1.31. The van der Waals surface area contributed by atoms with Gasteiger partial charge in [-0.15, -0.1) is 11.3 Å². The molecule has 0 aromatic carbocycles. The highest BCUT2D eigenvalue weighted by molar-refractivity contribution is 7.12. The van der Waals surface area contributed by atoms with Gasteiger partial charge in [-0.05, 0) is 23.3 Å². The highest BCUT2D eigenvalue weighted by Crippen LogP contribution is 2.10. The number of hydrogen-bond acceptors (Lipinski definition) is 4. The molecule has 1 aromatic rings. The highest BCUT2D eigenvalue weighted by Gasteiger charge is 2.25. The highest BCUT2D eigenvalue weighted by atomic mass is 32.1. The van der Waals surface area contributed by atoms with Crippen LogP contribution in [-0.2, 0) is 9.59 Å². The van der Waals surface area contributed by atoms with Crippen molar-refractivity contribution >= 4 is 29.1 Å². The fourth-order valence-electron chi connectivity index (χ4n) is 1.91. The summed E-state index contributed by atoms with van der Waals surface area (Å²) in [5.74, 6) is -1.70. The number of amides is 2. The lowest BCUT2D eigenvalue weighted by molar-refractivity contribution is -0.138. The number of carboxylic acids is 1. The van der Waals surface area contributed by atoms with Gasteiger partial charge in [0.2, 0.25) is 5.91 Å². The second kappa shape index (κ2) is 8.53. The second-order valence-corrected chi connectivity index (χ2v) is 6.57. The molecule has 0 fully saturated rings. The summed E-state index contributed by atoms with van der Waals surface area (Å²) in [6.07, 6.45) is -0.00577. The molecule has 2 atom stereocenters. The van der Waals surface area contributed by atoms with Crippen LogP contribution in [0.4, 0.5) is 0 Å². The molecule has 1 heterocycles. The fraction of sp³-hybridized carbons (Fsp3) is 0.533. The number of carbonyl (C=O) groups is 3. The number of carboxylic acid groups (broad SMARTS) is 1. The predicted octanol–water partition coefficient (Wildman–Crippen LogP) is 1.73. The van der Waals surface area contributed by atoms with E-state index in [2.05, 4.69) is 10.6 Å². The molecule has 7 heteroatoms. The van der Waals surface area contributed by atoms with Crippen LogP contribution in [0.3, 0.4) is 0 Å². The summed E-state index contributed by atoms with van der Waals surface area (Å²) in [7, 11) is 0. The van der Waals surface area contributed by atoms with E-state index in [4.69, 9.17) is 5.11 Å². The normalized spacial score (nSPS) is 13.5. The Balaban J connectivity index is 2.57. The molecule has 0 aliphatic rings. The first-order chi connectivity index (χ1) is 10.3. The third-order valence-electron chi connectivity index (χ3n) is 3.13. The molecular weight excluding hydrogens is 304 g/mol. The third-order valence-corrected chi connectivity index (χ3v) is 4.00. The van der Waals surface area contributed by atoms with E-state index in [-0.39, 0.29) is 36.6 Å². The SMILES string of the molecule is CC(CNC(=O)C(NC(=O)c1cccs1)C(C)C)CC(=O)O. The summed E-state index contributed by atoms with van der Waals surface area (Å²) in [4.78, 5) is 35.4. The Kier molecular flexibility index (Phi) is 7.04. The zero-order chi connectivity index (χ0) is 16.7. The quantitative estimate of drug-likeness (QED) is 0.678. The molecule has 122 valence electrons. The van der Waals surface area contributed by atoms with E-state index in [9.17, 15) is 14.4 Å². The average molecular weight is 326 g/mol. The standard InChI is InChI=1S/C15H22N2O4S/c1-9(2)13(17-14(20)11-5-4-6-22-11)15(21)16-8-10(3)7-12(18)19/h4-6,9-10,13H,7-8H2,1-3H3,(H,16,21)(H,17,20)(H,18,19). The molecule has 2 amide bonds. The Hall–Kier alpha value is -1.89. The molecular formula is C15H22N2O4S. The number of aliphatic carboxylic acids is 1. The van der Waals surface area contributed by atoms with E-state index in [1.165, 1.54) is 11.3 Å². The molecule has 0 bridgehead atoms. The van der Waals surface area contributed by atoms with Crippen molar-refractivity contribution in [1.29, 1.82) is 0 Å². The van der Waals surface area contributed by atoms with Gasteiger partial charge in [0, 0.05) is 13.0 Å². The van der Waals surface area contributed by atoms with Crippen molar-refractivity contribution in [3.05, 3.63) is 22.4 Å². The van der Waals surface area contributed by atoms with Crippen LogP contribution in [0, 0.1) is 11.8 Å². The monoisotopic (exact) mass is 326 g/mol. The van der Waals surface area contributed by atoms with Gasteiger partial charge in [-0.2, -0.15) is 0 Å². The van der Waals surface area contributed by atoms with Crippen molar-refractivity contribution in [1.82, 2.24) is 10.6 Å². The largest absolute Gasteiger partial charge is 0.481 e. The van der Waals surface area contributed by atoms with Gasteiger partial charge >= 0.3 is 5.97 Å². The van der Waals surface area contributed by atoms with E-state index in [0.717, 1.165) is 0 Å². The molecule has 0 aliphatic heterocycles. The van der Waals surface area contributed by atoms with Gasteiger partial charge in [-0.3, -0.25) is 14.4 Å². The van der Waals surface area contributed by atoms with Crippen LogP contribution in [0.5, 0.6) is 0 Å². The Morgan fingerprint density at radius 3 is 2.45 bits per heavy atom. The van der Waals surface area contributed by atoms with E-state index in [1.807, 2.05) is 13.8 Å². The number of thiophene rings is 1. The summed E-state index contributed by atoms with van der Waals surface area (Å²) in [6.45, 7) is 5.71. The van der Waals surface area contributed by atoms with Crippen LogP contribution >= 0.6 is 11.3 Å². The van der Waals surface area contributed by atoms with Crippen molar-refractivity contribution in [2.45, 2.75) is 33.2 Å². The van der Waals surface area contributed by atoms with E-state index in [1.54, 1.807) is 24.4 Å². The molecule has 0 radical (unpaired) electrons. The molecule has 0 saturated carbocycles. The van der Waals surface area contributed by atoms with Crippen LogP contribution in [-0.4, -0.2) is 35.5 Å². The topological polar surface area (TPSA) is 95.5 Å². The van der Waals surface area contributed by atoms with Crippen molar-refractivity contribution in [2.75, 3.05) is 6.54 Å². The minimum absolute atomic E-state index is 0.00577. The average Bonchev–Trinajstić information content (AvgIpc) is 2.95. The first kappa shape index (κ1) is 18.2. The summed E-state index contributed by atoms with van der Waals surface area (Å²) < 4.78 is 0. The minimum atomic E-state index is -0.895. The maximum Gasteiger partial charge on any atom is 0.303 e. The molecule has 2 unspecified atom stereocenters. The van der Waals surface area contributed by atoms with Crippen LogP contribution in [0.2, 0.25) is 0 Å². The minimum Gasteiger partial charge on any atom is -0.481 e. The van der Waals surface area contributed by atoms with E-state index in [0.29, 0.717) is 4.88 Å². The van der Waals surface area contributed by atoms with Gasteiger partial charge < -0.3 is 15.7 Å². The van der Waals surface area contributed by atoms with Crippen molar-refractivity contribution in [3.8, 4) is 0 Å². The van der Waals surface area contributed by atoms with Crippen LogP contribution in [0.15, 0.2) is 17.5 Å². The maximum atomic E-state index is 12.2. The van der Waals surface area contributed by atoms with E-state index >= 15 is 0 Å². The number of hydrogen-bond donors (Lipinski definition) is 3. The maximum absolute atomic E-state index is 12.2. The smallest absolute Gasteiger partial charge is 0.303 e. The Labute approximate surface area is 133 Å². The van der Waals surface area contributed by atoms with Crippen LogP contribution in [0.1, 0.15) is 36.9 Å². The zero-order valence-electron chi connectivity index (χ0n) is 13.0. The van der Waals surface area contributed by atoms with Gasteiger partial charge in [-0.25, -0.2) is 0 Å². The van der Waals surface area contributed by atoms with Crippen molar-refractivity contribution < 1.29 is 19.5 Å². The molecule has 6 nitrogen and oxygen atoms in total. The number of carbonyl (C=O) groups excluding carboxylic acids is 2. The van der Waals surface area contributed by atoms with Gasteiger partial charge in [0.15, 0.2) is 0 Å². The summed E-state index contributed by atoms with van der Waals surface area (Å²) in [6, 6.07) is 2.83. The summed E-state index contributed by atoms with van der Waals surface area (Å²) in [5.41, 5.74) is 0. The first-order valence-corrected chi connectivity index (χ1v) is 8.03. The molecule has 1 aromatic heterocycles. The lowest BCUT2D eigenvalue weighted by Gasteiger charge is -2.22. The number of rotatable bonds is 8. The molecule has 3 N–H and O–H groups in total. The predicted molar refractivity (Wildman–Crippen MR) is 84.8 cm³/mol.